The molecule has 108 valence electrons. The third-order valence-electron chi connectivity index (χ3n) is 2.84. The summed E-state index contributed by atoms with van der Waals surface area (Å²) in [7, 11) is 0. The predicted octanol–water partition coefficient (Wildman–Crippen LogP) is 2.90. The van der Waals surface area contributed by atoms with Crippen LogP contribution in [0.3, 0.4) is 0 Å². The van der Waals surface area contributed by atoms with E-state index in [0.29, 0.717) is 17.3 Å². The summed E-state index contributed by atoms with van der Waals surface area (Å²) in [4.78, 5) is 23.5. The van der Waals surface area contributed by atoms with Crippen LogP contribution in [-0.2, 0) is 16.1 Å². The standard InChI is InChI=1S/C16H15ClN2O2/c1-11-3-2-4-12(9-11)10-18-15(20)16(21)19-14-7-5-13(17)6-8-14/h2-9H,10H2,1H3,(H,18,20)(H,19,21). The Labute approximate surface area is 128 Å². The number of amides is 2. The van der Waals surface area contributed by atoms with Gasteiger partial charge < -0.3 is 10.6 Å². The highest BCUT2D eigenvalue weighted by molar-refractivity contribution is 6.39. The van der Waals surface area contributed by atoms with Crippen LogP contribution in [0, 0.1) is 6.92 Å². The first-order valence-corrected chi connectivity index (χ1v) is 6.83. The van der Waals surface area contributed by atoms with Crippen LogP contribution >= 0.6 is 11.6 Å². The van der Waals surface area contributed by atoms with E-state index in [1.165, 1.54) is 0 Å². The molecule has 0 aliphatic carbocycles. The molecule has 0 aliphatic heterocycles. The van der Waals surface area contributed by atoms with Crippen LogP contribution in [0.25, 0.3) is 0 Å². The molecular weight excluding hydrogens is 288 g/mol. The molecule has 2 rings (SSSR count). The zero-order chi connectivity index (χ0) is 15.2. The van der Waals surface area contributed by atoms with E-state index in [4.69, 9.17) is 11.6 Å². The Morgan fingerprint density at radius 1 is 1.05 bits per heavy atom. The van der Waals surface area contributed by atoms with Gasteiger partial charge in [0.1, 0.15) is 0 Å². The average molecular weight is 303 g/mol. The molecule has 0 fully saturated rings. The fourth-order valence-electron chi connectivity index (χ4n) is 1.81. The van der Waals surface area contributed by atoms with Crippen molar-refractivity contribution in [1.29, 1.82) is 0 Å². The van der Waals surface area contributed by atoms with Crippen molar-refractivity contribution in [2.24, 2.45) is 0 Å². The Morgan fingerprint density at radius 3 is 2.43 bits per heavy atom. The van der Waals surface area contributed by atoms with Gasteiger partial charge in [-0.15, -0.1) is 0 Å². The molecule has 0 atom stereocenters. The van der Waals surface area contributed by atoms with Crippen molar-refractivity contribution in [2.75, 3.05) is 5.32 Å². The third kappa shape index (κ3) is 4.61. The smallest absolute Gasteiger partial charge is 0.313 e. The monoisotopic (exact) mass is 302 g/mol. The summed E-state index contributed by atoms with van der Waals surface area (Å²) in [6.45, 7) is 2.28. The molecule has 0 radical (unpaired) electrons. The van der Waals surface area contributed by atoms with Crippen molar-refractivity contribution in [3.05, 3.63) is 64.7 Å². The summed E-state index contributed by atoms with van der Waals surface area (Å²) in [5.74, 6) is -1.38. The molecule has 21 heavy (non-hydrogen) atoms. The molecule has 0 aromatic heterocycles. The van der Waals surface area contributed by atoms with Crippen molar-refractivity contribution in [3.63, 3.8) is 0 Å². The molecule has 0 heterocycles. The highest BCUT2D eigenvalue weighted by Gasteiger charge is 2.13. The average Bonchev–Trinajstić information content (AvgIpc) is 2.47. The highest BCUT2D eigenvalue weighted by atomic mass is 35.5. The molecule has 0 aliphatic rings. The van der Waals surface area contributed by atoms with Crippen molar-refractivity contribution in [1.82, 2.24) is 5.32 Å². The molecule has 2 amide bonds. The van der Waals surface area contributed by atoms with E-state index in [9.17, 15) is 9.59 Å². The Hall–Kier alpha value is -2.33. The molecule has 2 aromatic rings. The number of aryl methyl sites for hydroxylation is 1. The van der Waals surface area contributed by atoms with E-state index in [1.54, 1.807) is 24.3 Å². The highest BCUT2D eigenvalue weighted by Crippen LogP contribution is 2.13. The molecule has 0 bridgehead atoms. The van der Waals surface area contributed by atoms with Gasteiger partial charge in [-0.25, -0.2) is 0 Å². The number of anilines is 1. The third-order valence-corrected chi connectivity index (χ3v) is 3.10. The van der Waals surface area contributed by atoms with Crippen molar-refractivity contribution < 1.29 is 9.59 Å². The zero-order valence-electron chi connectivity index (χ0n) is 11.5. The van der Waals surface area contributed by atoms with Gasteiger partial charge in [0, 0.05) is 17.3 Å². The van der Waals surface area contributed by atoms with Crippen LogP contribution in [0.4, 0.5) is 5.69 Å². The van der Waals surface area contributed by atoms with Crippen LogP contribution < -0.4 is 10.6 Å². The molecular formula is C16H15ClN2O2. The summed E-state index contributed by atoms with van der Waals surface area (Å²) < 4.78 is 0. The zero-order valence-corrected chi connectivity index (χ0v) is 12.3. The fourth-order valence-corrected chi connectivity index (χ4v) is 1.93. The van der Waals surface area contributed by atoms with Gasteiger partial charge in [0.05, 0.1) is 0 Å². The molecule has 0 spiro atoms. The number of nitrogens with one attached hydrogen (secondary N) is 2. The second-order valence-electron chi connectivity index (χ2n) is 4.63. The lowest BCUT2D eigenvalue weighted by molar-refractivity contribution is -0.136. The molecule has 2 aromatic carbocycles. The van der Waals surface area contributed by atoms with Crippen LogP contribution in [-0.4, -0.2) is 11.8 Å². The van der Waals surface area contributed by atoms with E-state index < -0.39 is 11.8 Å². The number of rotatable bonds is 3. The van der Waals surface area contributed by atoms with Crippen molar-refractivity contribution >= 4 is 29.1 Å². The largest absolute Gasteiger partial charge is 0.344 e. The first-order valence-electron chi connectivity index (χ1n) is 6.45. The minimum absolute atomic E-state index is 0.314. The number of halogens is 1. The van der Waals surface area contributed by atoms with Gasteiger partial charge in [0.25, 0.3) is 0 Å². The lowest BCUT2D eigenvalue weighted by Crippen LogP contribution is -2.34. The first-order chi connectivity index (χ1) is 10.0. The maximum atomic E-state index is 11.7. The summed E-state index contributed by atoms with van der Waals surface area (Å²) >= 11 is 5.75. The minimum atomic E-state index is -0.704. The molecule has 5 heteroatoms. The van der Waals surface area contributed by atoms with Crippen LogP contribution in [0.2, 0.25) is 5.02 Å². The van der Waals surface area contributed by atoms with Gasteiger partial charge >= 0.3 is 11.8 Å². The van der Waals surface area contributed by atoms with Gasteiger partial charge in [-0.3, -0.25) is 9.59 Å². The maximum absolute atomic E-state index is 11.7. The predicted molar refractivity (Wildman–Crippen MR) is 83.1 cm³/mol. The number of carbonyl (C=O) groups excluding carboxylic acids is 2. The second kappa shape index (κ2) is 6.90. The van der Waals surface area contributed by atoms with Gasteiger partial charge in [0.2, 0.25) is 0 Å². The van der Waals surface area contributed by atoms with Crippen LogP contribution in [0.5, 0.6) is 0 Å². The number of benzene rings is 2. The molecule has 0 unspecified atom stereocenters. The lowest BCUT2D eigenvalue weighted by atomic mass is 10.1. The van der Waals surface area contributed by atoms with E-state index in [-0.39, 0.29) is 0 Å². The maximum Gasteiger partial charge on any atom is 0.313 e. The Kier molecular flexibility index (Phi) is 4.95. The van der Waals surface area contributed by atoms with E-state index in [2.05, 4.69) is 10.6 Å². The van der Waals surface area contributed by atoms with Gasteiger partial charge in [-0.2, -0.15) is 0 Å². The quantitative estimate of drug-likeness (QED) is 0.857. The lowest BCUT2D eigenvalue weighted by Gasteiger charge is -2.07. The summed E-state index contributed by atoms with van der Waals surface area (Å²) in [5, 5.41) is 5.65. The molecule has 0 saturated carbocycles. The fraction of sp³-hybridized carbons (Fsp3) is 0.125. The van der Waals surface area contributed by atoms with Crippen LogP contribution in [0.1, 0.15) is 11.1 Å². The minimum Gasteiger partial charge on any atom is -0.344 e. The molecule has 2 N–H and O–H groups in total. The molecule has 4 nitrogen and oxygen atoms in total. The van der Waals surface area contributed by atoms with E-state index in [1.807, 2.05) is 31.2 Å². The van der Waals surface area contributed by atoms with Crippen molar-refractivity contribution in [3.8, 4) is 0 Å². The molecule has 0 saturated heterocycles. The Bertz CT molecular complexity index is 654. The summed E-state index contributed by atoms with van der Waals surface area (Å²) in [6, 6.07) is 14.3. The SMILES string of the molecule is Cc1cccc(CNC(=O)C(=O)Nc2ccc(Cl)cc2)c1. The van der Waals surface area contributed by atoms with Crippen LogP contribution in [0.15, 0.2) is 48.5 Å². The summed E-state index contributed by atoms with van der Waals surface area (Å²) in [5.41, 5.74) is 2.57. The number of hydrogen-bond donors (Lipinski definition) is 2. The van der Waals surface area contributed by atoms with E-state index in [0.717, 1.165) is 11.1 Å². The number of hydrogen-bond acceptors (Lipinski definition) is 2. The summed E-state index contributed by atoms with van der Waals surface area (Å²) in [6.07, 6.45) is 0. The van der Waals surface area contributed by atoms with Gasteiger partial charge in [-0.05, 0) is 36.8 Å². The van der Waals surface area contributed by atoms with Crippen molar-refractivity contribution in [2.45, 2.75) is 13.5 Å². The second-order valence-corrected chi connectivity index (χ2v) is 5.07. The van der Waals surface area contributed by atoms with E-state index >= 15 is 0 Å². The Morgan fingerprint density at radius 2 is 1.76 bits per heavy atom. The number of carbonyl (C=O) groups is 2. The van der Waals surface area contributed by atoms with Gasteiger partial charge in [0.15, 0.2) is 0 Å². The normalized spacial score (nSPS) is 10.0. The Balaban J connectivity index is 1.88. The first kappa shape index (κ1) is 15.1. The van der Waals surface area contributed by atoms with Gasteiger partial charge in [-0.1, -0.05) is 41.4 Å². The topological polar surface area (TPSA) is 58.2 Å².